The minimum absolute atomic E-state index is 0.418. The second-order valence-electron chi connectivity index (χ2n) is 7.03. The second kappa shape index (κ2) is 4.82. The van der Waals surface area contributed by atoms with Gasteiger partial charge < -0.3 is 5.11 Å². The number of piperidine rings is 1. The first kappa shape index (κ1) is 13.0. The van der Waals surface area contributed by atoms with E-state index in [2.05, 4.69) is 24.8 Å². The quantitative estimate of drug-likeness (QED) is 0.827. The van der Waals surface area contributed by atoms with Gasteiger partial charge in [0.25, 0.3) is 0 Å². The summed E-state index contributed by atoms with van der Waals surface area (Å²) in [4.78, 5) is 2.65. The third-order valence-electron chi connectivity index (χ3n) is 4.78. The Bertz CT molecular complexity index is 466. The Hall–Kier alpha value is -1.02. The standard InChI is InChI=1S/C17H25NO/c1-17(2)9-4-10-18(12-17)16-6-3-5-13-7-8-14(19)11-15(13)16/h7-8,11,16,19H,3-6,9-10,12H2,1-2H3. The molecule has 0 radical (unpaired) electrons. The number of aromatic hydroxyl groups is 1. The third-order valence-corrected chi connectivity index (χ3v) is 4.78. The first-order valence-corrected chi connectivity index (χ1v) is 7.61. The fourth-order valence-corrected chi connectivity index (χ4v) is 3.88. The average Bonchev–Trinajstić information content (AvgIpc) is 2.36. The Kier molecular flexibility index (Phi) is 3.30. The van der Waals surface area contributed by atoms with E-state index in [1.165, 1.54) is 56.3 Å². The van der Waals surface area contributed by atoms with Crippen LogP contribution in [0.4, 0.5) is 0 Å². The fourth-order valence-electron chi connectivity index (χ4n) is 3.88. The molecular weight excluding hydrogens is 234 g/mol. The monoisotopic (exact) mass is 259 g/mol. The van der Waals surface area contributed by atoms with Gasteiger partial charge in [-0.3, -0.25) is 4.90 Å². The van der Waals surface area contributed by atoms with Crippen molar-refractivity contribution in [1.82, 2.24) is 4.90 Å². The molecule has 1 saturated heterocycles. The van der Waals surface area contributed by atoms with Crippen molar-refractivity contribution in [1.29, 1.82) is 0 Å². The van der Waals surface area contributed by atoms with Crippen LogP contribution in [0.3, 0.4) is 0 Å². The summed E-state index contributed by atoms with van der Waals surface area (Å²) in [5.41, 5.74) is 3.26. The lowest BCUT2D eigenvalue weighted by Gasteiger charge is -2.44. The van der Waals surface area contributed by atoms with Gasteiger partial charge in [0.05, 0.1) is 0 Å². The van der Waals surface area contributed by atoms with E-state index < -0.39 is 0 Å². The lowest BCUT2D eigenvalue weighted by Crippen LogP contribution is -2.43. The van der Waals surface area contributed by atoms with Crippen LogP contribution in [0.5, 0.6) is 5.75 Å². The van der Waals surface area contributed by atoms with Crippen LogP contribution < -0.4 is 0 Å². The van der Waals surface area contributed by atoms with Crippen LogP contribution in [-0.2, 0) is 6.42 Å². The van der Waals surface area contributed by atoms with Crippen molar-refractivity contribution in [2.24, 2.45) is 5.41 Å². The molecule has 0 spiro atoms. The van der Waals surface area contributed by atoms with Gasteiger partial charge in [-0.05, 0) is 67.3 Å². The molecule has 3 rings (SSSR count). The number of phenols is 1. The van der Waals surface area contributed by atoms with Crippen molar-refractivity contribution >= 4 is 0 Å². The van der Waals surface area contributed by atoms with Crippen LogP contribution in [0.1, 0.15) is 56.7 Å². The average molecular weight is 259 g/mol. The second-order valence-corrected chi connectivity index (χ2v) is 7.03. The van der Waals surface area contributed by atoms with Gasteiger partial charge in [0, 0.05) is 12.6 Å². The zero-order valence-electron chi connectivity index (χ0n) is 12.2. The molecule has 2 aliphatic rings. The zero-order chi connectivity index (χ0) is 13.5. The van der Waals surface area contributed by atoms with Crippen molar-refractivity contribution in [3.05, 3.63) is 29.3 Å². The number of aryl methyl sites for hydroxylation is 1. The molecule has 1 heterocycles. The maximum Gasteiger partial charge on any atom is 0.115 e. The van der Waals surface area contributed by atoms with Crippen LogP contribution in [0.15, 0.2) is 18.2 Å². The normalized spacial score (nSPS) is 26.9. The predicted molar refractivity (Wildman–Crippen MR) is 78.4 cm³/mol. The van der Waals surface area contributed by atoms with Crippen molar-refractivity contribution in [3.8, 4) is 5.75 Å². The molecule has 1 aromatic carbocycles. The summed E-state index contributed by atoms with van der Waals surface area (Å²) in [5.74, 6) is 0.418. The molecule has 2 heteroatoms. The zero-order valence-corrected chi connectivity index (χ0v) is 12.2. The van der Waals surface area contributed by atoms with Crippen LogP contribution in [-0.4, -0.2) is 23.1 Å². The molecule has 19 heavy (non-hydrogen) atoms. The Balaban J connectivity index is 1.88. The number of fused-ring (bicyclic) bond motifs is 1. The van der Waals surface area contributed by atoms with Gasteiger partial charge in [-0.25, -0.2) is 0 Å². The Morgan fingerprint density at radius 1 is 1.26 bits per heavy atom. The number of hydrogen-bond acceptors (Lipinski definition) is 2. The lowest BCUT2D eigenvalue weighted by atomic mass is 9.80. The molecule has 104 valence electrons. The molecule has 1 aromatic rings. The van der Waals surface area contributed by atoms with E-state index in [9.17, 15) is 5.11 Å². The van der Waals surface area contributed by atoms with Gasteiger partial charge in [-0.15, -0.1) is 0 Å². The molecule has 0 saturated carbocycles. The molecule has 1 aliphatic heterocycles. The summed E-state index contributed by atoms with van der Waals surface area (Å²) in [6.45, 7) is 7.16. The first-order valence-electron chi connectivity index (χ1n) is 7.61. The van der Waals surface area contributed by atoms with Crippen molar-refractivity contribution in [3.63, 3.8) is 0 Å². The molecule has 0 amide bonds. The van der Waals surface area contributed by atoms with Crippen LogP contribution in [0.2, 0.25) is 0 Å². The third kappa shape index (κ3) is 2.64. The number of nitrogens with zero attached hydrogens (tertiary/aromatic N) is 1. The van der Waals surface area contributed by atoms with E-state index in [-0.39, 0.29) is 0 Å². The highest BCUT2D eigenvalue weighted by molar-refractivity contribution is 5.38. The summed E-state index contributed by atoms with van der Waals surface area (Å²) in [5, 5.41) is 9.79. The Labute approximate surface area is 116 Å². The van der Waals surface area contributed by atoms with Gasteiger partial charge in [0.2, 0.25) is 0 Å². The molecule has 1 fully saturated rings. The summed E-state index contributed by atoms with van der Waals surface area (Å²) in [6.07, 6.45) is 6.33. The van der Waals surface area contributed by atoms with Crippen LogP contribution in [0.25, 0.3) is 0 Å². The predicted octanol–water partition coefficient (Wildman–Crippen LogP) is 3.89. The SMILES string of the molecule is CC1(C)CCCN(C2CCCc3ccc(O)cc32)C1. The van der Waals surface area contributed by atoms with Gasteiger partial charge in [-0.2, -0.15) is 0 Å². The van der Waals surface area contributed by atoms with E-state index in [4.69, 9.17) is 0 Å². The number of benzene rings is 1. The number of hydrogen-bond donors (Lipinski definition) is 1. The molecule has 2 nitrogen and oxygen atoms in total. The van der Waals surface area contributed by atoms with E-state index in [0.717, 1.165) is 0 Å². The van der Waals surface area contributed by atoms with E-state index in [1.807, 2.05) is 12.1 Å². The van der Waals surface area contributed by atoms with E-state index in [1.54, 1.807) is 0 Å². The number of phenolic OH excluding ortho intramolecular Hbond substituents is 1. The summed E-state index contributed by atoms with van der Waals surface area (Å²) >= 11 is 0. The van der Waals surface area contributed by atoms with Crippen LogP contribution >= 0.6 is 0 Å². The number of likely N-dealkylation sites (tertiary alicyclic amines) is 1. The topological polar surface area (TPSA) is 23.5 Å². The summed E-state index contributed by atoms with van der Waals surface area (Å²) < 4.78 is 0. The molecule has 1 atom stereocenters. The van der Waals surface area contributed by atoms with Gasteiger partial charge in [0.1, 0.15) is 5.75 Å². The highest BCUT2D eigenvalue weighted by Gasteiger charge is 2.33. The highest BCUT2D eigenvalue weighted by Crippen LogP contribution is 2.40. The van der Waals surface area contributed by atoms with Crippen molar-refractivity contribution < 1.29 is 5.11 Å². The Morgan fingerprint density at radius 2 is 2.11 bits per heavy atom. The molecule has 1 aliphatic carbocycles. The molecule has 0 bridgehead atoms. The molecule has 0 aromatic heterocycles. The largest absolute Gasteiger partial charge is 0.508 e. The van der Waals surface area contributed by atoms with Crippen molar-refractivity contribution in [2.45, 2.75) is 52.0 Å². The van der Waals surface area contributed by atoms with Crippen LogP contribution in [0, 0.1) is 5.41 Å². The molecule has 1 unspecified atom stereocenters. The minimum atomic E-state index is 0.418. The van der Waals surface area contributed by atoms with Crippen molar-refractivity contribution in [2.75, 3.05) is 13.1 Å². The lowest BCUT2D eigenvalue weighted by molar-refractivity contribution is 0.0701. The van der Waals surface area contributed by atoms with Gasteiger partial charge in [0.15, 0.2) is 0 Å². The fraction of sp³-hybridized carbons (Fsp3) is 0.647. The maximum atomic E-state index is 9.79. The molecule has 1 N–H and O–H groups in total. The smallest absolute Gasteiger partial charge is 0.115 e. The highest BCUT2D eigenvalue weighted by atomic mass is 16.3. The minimum Gasteiger partial charge on any atom is -0.508 e. The Morgan fingerprint density at radius 3 is 2.89 bits per heavy atom. The van der Waals surface area contributed by atoms with E-state index in [0.29, 0.717) is 17.2 Å². The maximum absolute atomic E-state index is 9.79. The number of rotatable bonds is 1. The summed E-state index contributed by atoms with van der Waals surface area (Å²) in [6, 6.07) is 6.48. The van der Waals surface area contributed by atoms with E-state index >= 15 is 0 Å². The van der Waals surface area contributed by atoms with Gasteiger partial charge in [-0.1, -0.05) is 19.9 Å². The van der Waals surface area contributed by atoms with Gasteiger partial charge >= 0.3 is 0 Å². The summed E-state index contributed by atoms with van der Waals surface area (Å²) in [7, 11) is 0. The molecular formula is C17H25NO. The first-order chi connectivity index (χ1) is 9.05.